The summed E-state index contributed by atoms with van der Waals surface area (Å²) in [5.41, 5.74) is 6.00. The summed E-state index contributed by atoms with van der Waals surface area (Å²) in [4.78, 5) is -0.247. The van der Waals surface area contributed by atoms with Gasteiger partial charge in [0.25, 0.3) is 0 Å². The van der Waals surface area contributed by atoms with Crippen LogP contribution in [0.4, 0.5) is 18.9 Å². The van der Waals surface area contributed by atoms with Gasteiger partial charge < -0.3 is 5.73 Å². The summed E-state index contributed by atoms with van der Waals surface area (Å²) in [6.45, 7) is 0. The van der Waals surface area contributed by atoms with Gasteiger partial charge in [0.2, 0.25) is 0 Å². The number of anilines is 1. The van der Waals surface area contributed by atoms with Crippen LogP contribution in [0.5, 0.6) is 0 Å². The molecule has 0 aliphatic rings. The second kappa shape index (κ2) is 5.44. The van der Waals surface area contributed by atoms with Gasteiger partial charge in [0, 0.05) is 5.69 Å². The third-order valence-electron chi connectivity index (χ3n) is 2.42. The minimum Gasteiger partial charge on any atom is -0.399 e. The summed E-state index contributed by atoms with van der Waals surface area (Å²) >= 11 is 0. The van der Waals surface area contributed by atoms with E-state index in [1.807, 2.05) is 0 Å². The Morgan fingerprint density at radius 2 is 1.74 bits per heavy atom. The molecule has 2 aromatic carbocycles. The highest BCUT2D eigenvalue weighted by Gasteiger charge is 2.12. The van der Waals surface area contributed by atoms with Crippen molar-refractivity contribution in [3.8, 4) is 0 Å². The molecule has 0 bridgehead atoms. The van der Waals surface area contributed by atoms with Crippen LogP contribution in [0.15, 0.2) is 41.3 Å². The van der Waals surface area contributed by atoms with E-state index in [0.717, 1.165) is 30.3 Å². The molecule has 0 heterocycles. The number of nitrogens with two attached hydrogens (primary N) is 1. The molecular formula is C13H10F3NOS. The van der Waals surface area contributed by atoms with Crippen molar-refractivity contribution in [3.63, 3.8) is 0 Å². The van der Waals surface area contributed by atoms with Crippen molar-refractivity contribution >= 4 is 16.5 Å². The summed E-state index contributed by atoms with van der Waals surface area (Å²) in [5, 5.41) is 0. The molecule has 1 atom stereocenters. The largest absolute Gasteiger partial charge is 0.399 e. The molecule has 0 saturated carbocycles. The lowest BCUT2D eigenvalue weighted by atomic mass is 10.2. The van der Waals surface area contributed by atoms with E-state index >= 15 is 0 Å². The van der Waals surface area contributed by atoms with Crippen molar-refractivity contribution in [1.29, 1.82) is 0 Å². The first-order valence-electron chi connectivity index (χ1n) is 5.34. The van der Waals surface area contributed by atoms with Crippen LogP contribution in [0, 0.1) is 17.5 Å². The average molecular weight is 285 g/mol. The molecule has 2 aromatic rings. The predicted octanol–water partition coefficient (Wildman–Crippen LogP) is 2.99. The molecule has 2 rings (SSSR count). The molecule has 0 aliphatic heterocycles. The SMILES string of the molecule is Nc1cc(F)cc(CS(=O)c2cc(F)ccc2F)c1. The third-order valence-corrected chi connectivity index (χ3v) is 3.82. The van der Waals surface area contributed by atoms with Crippen molar-refractivity contribution < 1.29 is 17.4 Å². The molecule has 0 aromatic heterocycles. The van der Waals surface area contributed by atoms with Gasteiger partial charge >= 0.3 is 0 Å². The molecular weight excluding hydrogens is 275 g/mol. The first-order valence-corrected chi connectivity index (χ1v) is 6.66. The lowest BCUT2D eigenvalue weighted by Crippen LogP contribution is -2.01. The Labute approximate surface area is 110 Å². The highest BCUT2D eigenvalue weighted by Crippen LogP contribution is 2.19. The van der Waals surface area contributed by atoms with Gasteiger partial charge in [0.05, 0.1) is 21.4 Å². The Hall–Kier alpha value is -1.82. The number of hydrogen-bond donors (Lipinski definition) is 1. The van der Waals surface area contributed by atoms with Crippen molar-refractivity contribution in [2.24, 2.45) is 0 Å². The van der Waals surface area contributed by atoms with Gasteiger partial charge in [0.15, 0.2) is 0 Å². The summed E-state index contributed by atoms with van der Waals surface area (Å²) in [5.74, 6) is -2.14. The fourth-order valence-corrected chi connectivity index (χ4v) is 2.79. The Morgan fingerprint density at radius 1 is 1.00 bits per heavy atom. The van der Waals surface area contributed by atoms with Crippen LogP contribution in [0.1, 0.15) is 5.56 Å². The minimum atomic E-state index is -1.81. The summed E-state index contributed by atoms with van der Waals surface area (Å²) < 4.78 is 51.5. The number of nitrogen functional groups attached to an aromatic ring is 1. The van der Waals surface area contributed by atoms with Crippen LogP contribution in [0.3, 0.4) is 0 Å². The van der Waals surface area contributed by atoms with Gasteiger partial charge in [-0.3, -0.25) is 4.21 Å². The topological polar surface area (TPSA) is 43.1 Å². The molecule has 2 nitrogen and oxygen atoms in total. The lowest BCUT2D eigenvalue weighted by molar-refractivity contribution is 0.572. The third kappa shape index (κ3) is 3.35. The van der Waals surface area contributed by atoms with Gasteiger partial charge in [-0.25, -0.2) is 13.2 Å². The van der Waals surface area contributed by atoms with E-state index in [1.54, 1.807) is 0 Å². The second-order valence-electron chi connectivity index (χ2n) is 3.96. The average Bonchev–Trinajstić information content (AvgIpc) is 2.30. The maximum atomic E-state index is 13.4. The molecule has 6 heteroatoms. The lowest BCUT2D eigenvalue weighted by Gasteiger charge is -2.05. The fraction of sp³-hybridized carbons (Fsp3) is 0.0769. The maximum Gasteiger partial charge on any atom is 0.139 e. The molecule has 1 unspecified atom stereocenters. The monoisotopic (exact) mass is 285 g/mol. The standard InChI is InChI=1S/C13H10F3NOS/c14-9-1-2-12(16)13(6-9)19(18)7-8-3-10(15)5-11(17)4-8/h1-6H,7,17H2. The molecule has 0 aliphatic carbocycles. The summed E-state index contributed by atoms with van der Waals surface area (Å²) in [7, 11) is -1.81. The Morgan fingerprint density at radius 3 is 2.42 bits per heavy atom. The Balaban J connectivity index is 2.28. The normalized spacial score (nSPS) is 12.4. The predicted molar refractivity (Wildman–Crippen MR) is 67.3 cm³/mol. The van der Waals surface area contributed by atoms with E-state index in [1.165, 1.54) is 6.07 Å². The van der Waals surface area contributed by atoms with Gasteiger partial charge in [-0.05, 0) is 42.0 Å². The highest BCUT2D eigenvalue weighted by atomic mass is 32.2. The Bertz CT molecular complexity index is 626. The smallest absolute Gasteiger partial charge is 0.139 e. The highest BCUT2D eigenvalue weighted by molar-refractivity contribution is 7.84. The molecule has 2 N–H and O–H groups in total. The van der Waals surface area contributed by atoms with Gasteiger partial charge in [-0.15, -0.1) is 0 Å². The van der Waals surface area contributed by atoms with Crippen LogP contribution in [0.25, 0.3) is 0 Å². The van der Waals surface area contributed by atoms with Gasteiger partial charge in [-0.2, -0.15) is 0 Å². The van der Waals surface area contributed by atoms with E-state index in [9.17, 15) is 17.4 Å². The molecule has 100 valence electrons. The minimum absolute atomic E-state index is 0.137. The number of rotatable bonds is 3. The molecule has 0 radical (unpaired) electrons. The zero-order valence-corrected chi connectivity index (χ0v) is 10.5. The molecule has 0 amide bonds. The number of benzene rings is 2. The van der Waals surface area contributed by atoms with E-state index in [0.29, 0.717) is 5.56 Å². The zero-order valence-electron chi connectivity index (χ0n) is 9.70. The van der Waals surface area contributed by atoms with E-state index < -0.39 is 28.3 Å². The fourth-order valence-electron chi connectivity index (χ4n) is 1.64. The van der Waals surface area contributed by atoms with E-state index in [4.69, 9.17) is 5.73 Å². The van der Waals surface area contributed by atoms with Crippen LogP contribution in [0.2, 0.25) is 0 Å². The van der Waals surface area contributed by atoms with Crippen molar-refractivity contribution in [2.45, 2.75) is 10.6 Å². The van der Waals surface area contributed by atoms with E-state index in [-0.39, 0.29) is 16.3 Å². The van der Waals surface area contributed by atoms with Crippen molar-refractivity contribution in [1.82, 2.24) is 0 Å². The Kier molecular flexibility index (Phi) is 3.90. The van der Waals surface area contributed by atoms with Crippen LogP contribution in [-0.4, -0.2) is 4.21 Å². The summed E-state index contributed by atoms with van der Waals surface area (Å²) in [6, 6.07) is 6.44. The van der Waals surface area contributed by atoms with E-state index in [2.05, 4.69) is 0 Å². The maximum absolute atomic E-state index is 13.4. The first-order chi connectivity index (χ1) is 8.95. The second-order valence-corrected chi connectivity index (χ2v) is 5.38. The van der Waals surface area contributed by atoms with Gasteiger partial charge in [0.1, 0.15) is 17.5 Å². The summed E-state index contributed by atoms with van der Waals surface area (Å²) in [6.07, 6.45) is 0. The van der Waals surface area contributed by atoms with Crippen LogP contribution >= 0.6 is 0 Å². The quantitative estimate of drug-likeness (QED) is 0.881. The van der Waals surface area contributed by atoms with Crippen LogP contribution < -0.4 is 5.73 Å². The van der Waals surface area contributed by atoms with Crippen molar-refractivity contribution in [2.75, 3.05) is 5.73 Å². The first kappa shape index (κ1) is 13.6. The molecule has 0 spiro atoms. The van der Waals surface area contributed by atoms with Crippen molar-refractivity contribution in [3.05, 3.63) is 59.4 Å². The molecule has 0 fully saturated rings. The molecule has 19 heavy (non-hydrogen) atoms. The number of hydrogen-bond acceptors (Lipinski definition) is 2. The molecule has 0 saturated heterocycles. The zero-order chi connectivity index (χ0) is 14.0. The van der Waals surface area contributed by atoms with Gasteiger partial charge in [-0.1, -0.05) is 0 Å². The number of halogens is 3. The van der Waals surface area contributed by atoms with Crippen LogP contribution in [-0.2, 0) is 16.6 Å².